The quantitative estimate of drug-likeness (QED) is 0.486. The fraction of sp³-hybridized carbons (Fsp3) is 0.182. The smallest absolute Gasteiger partial charge is 0.142 e. The van der Waals surface area contributed by atoms with Crippen LogP contribution in [-0.2, 0) is 13.1 Å². The number of benzene rings is 2. The van der Waals surface area contributed by atoms with E-state index in [4.69, 9.17) is 20.8 Å². The summed E-state index contributed by atoms with van der Waals surface area (Å²) in [6, 6.07) is 16.6. The number of ether oxygens (including phenoxy) is 1. The highest BCUT2D eigenvalue weighted by Gasteiger charge is 2.20. The van der Waals surface area contributed by atoms with E-state index in [0.29, 0.717) is 11.6 Å². The van der Waals surface area contributed by atoms with Crippen molar-refractivity contribution in [2.24, 2.45) is 0 Å². The summed E-state index contributed by atoms with van der Waals surface area (Å²) >= 11 is 6.61. The lowest BCUT2D eigenvalue weighted by Gasteiger charge is -2.19. The number of hydrogen-bond donors (Lipinski definition) is 0. The van der Waals surface area contributed by atoms with E-state index in [1.165, 1.54) is 10.9 Å². The van der Waals surface area contributed by atoms with Crippen molar-refractivity contribution < 1.29 is 9.15 Å². The van der Waals surface area contributed by atoms with Gasteiger partial charge in [0.25, 0.3) is 0 Å². The highest BCUT2D eigenvalue weighted by molar-refractivity contribution is 6.32. The molecule has 1 aliphatic rings. The van der Waals surface area contributed by atoms with Crippen LogP contribution in [0.5, 0.6) is 5.75 Å². The summed E-state index contributed by atoms with van der Waals surface area (Å²) < 4.78 is 13.4. The number of furan rings is 1. The minimum absolute atomic E-state index is 0.621. The van der Waals surface area contributed by atoms with E-state index in [0.717, 1.165) is 42.2 Å². The average molecular weight is 379 g/mol. The molecule has 1 aliphatic heterocycles. The van der Waals surface area contributed by atoms with Crippen molar-refractivity contribution >= 4 is 22.5 Å². The maximum absolute atomic E-state index is 6.61. The molecule has 0 saturated heterocycles. The van der Waals surface area contributed by atoms with Gasteiger partial charge >= 0.3 is 0 Å². The maximum Gasteiger partial charge on any atom is 0.142 e. The molecule has 136 valence electrons. The number of fused-ring (bicyclic) bond motifs is 2. The number of halogens is 1. The zero-order chi connectivity index (χ0) is 18.2. The van der Waals surface area contributed by atoms with Crippen LogP contribution in [0.1, 0.15) is 11.1 Å². The maximum atomic E-state index is 6.61. The van der Waals surface area contributed by atoms with Gasteiger partial charge in [0.1, 0.15) is 12.4 Å². The van der Waals surface area contributed by atoms with Crippen molar-refractivity contribution in [2.45, 2.75) is 13.1 Å². The van der Waals surface area contributed by atoms with Crippen LogP contribution in [0.2, 0.25) is 5.02 Å². The Morgan fingerprint density at radius 3 is 2.89 bits per heavy atom. The highest BCUT2D eigenvalue weighted by atomic mass is 35.5. The molecule has 27 heavy (non-hydrogen) atoms. The van der Waals surface area contributed by atoms with Crippen LogP contribution in [-0.4, -0.2) is 22.6 Å². The van der Waals surface area contributed by atoms with E-state index in [-0.39, 0.29) is 0 Å². The highest BCUT2D eigenvalue weighted by Crippen LogP contribution is 2.35. The fourth-order valence-corrected chi connectivity index (χ4v) is 4.02. The fourth-order valence-electron chi connectivity index (χ4n) is 3.73. The molecule has 4 nitrogen and oxygen atoms in total. The Labute approximate surface area is 162 Å². The summed E-state index contributed by atoms with van der Waals surface area (Å²) in [7, 11) is 0. The van der Waals surface area contributed by atoms with Gasteiger partial charge in [0.2, 0.25) is 0 Å². The molecule has 5 heteroatoms. The first-order valence-corrected chi connectivity index (χ1v) is 9.41. The predicted octanol–water partition coefficient (Wildman–Crippen LogP) is 5.27. The normalized spacial score (nSPS) is 14.7. The van der Waals surface area contributed by atoms with Crippen LogP contribution in [0, 0.1) is 0 Å². The van der Waals surface area contributed by atoms with Crippen LogP contribution < -0.4 is 4.74 Å². The molecule has 0 atom stereocenters. The number of rotatable bonds is 3. The molecule has 2 aromatic carbocycles. The Kier molecular flexibility index (Phi) is 4.15. The minimum Gasteiger partial charge on any atom is -0.490 e. The third kappa shape index (κ3) is 3.11. The summed E-state index contributed by atoms with van der Waals surface area (Å²) in [4.78, 5) is 2.35. The van der Waals surface area contributed by atoms with Crippen molar-refractivity contribution in [3.05, 3.63) is 83.4 Å². The van der Waals surface area contributed by atoms with Gasteiger partial charge in [-0.2, -0.15) is 0 Å². The van der Waals surface area contributed by atoms with Gasteiger partial charge < -0.3 is 13.7 Å². The first-order valence-electron chi connectivity index (χ1n) is 9.03. The van der Waals surface area contributed by atoms with Crippen LogP contribution in [0.4, 0.5) is 0 Å². The Balaban J connectivity index is 1.53. The second-order valence-corrected chi connectivity index (χ2v) is 7.26. The third-order valence-electron chi connectivity index (χ3n) is 5.02. The summed E-state index contributed by atoms with van der Waals surface area (Å²) in [5, 5.41) is 1.87. The molecular weight excluding hydrogens is 360 g/mol. The molecule has 0 amide bonds. The molecule has 0 radical (unpaired) electrons. The number of aromatic nitrogens is 1. The van der Waals surface area contributed by atoms with Gasteiger partial charge in [0.15, 0.2) is 0 Å². The molecule has 0 spiro atoms. The summed E-state index contributed by atoms with van der Waals surface area (Å²) in [5.74, 6) is 0.798. The molecule has 0 aliphatic carbocycles. The molecule has 5 rings (SSSR count). The van der Waals surface area contributed by atoms with E-state index in [9.17, 15) is 0 Å². The van der Waals surface area contributed by atoms with Gasteiger partial charge in [-0.15, -0.1) is 0 Å². The van der Waals surface area contributed by atoms with Crippen molar-refractivity contribution in [1.29, 1.82) is 0 Å². The van der Waals surface area contributed by atoms with E-state index in [1.54, 1.807) is 12.5 Å². The van der Waals surface area contributed by atoms with Gasteiger partial charge in [-0.1, -0.05) is 29.8 Å². The molecule has 3 heterocycles. The second kappa shape index (κ2) is 6.80. The van der Waals surface area contributed by atoms with Crippen molar-refractivity contribution in [3.63, 3.8) is 0 Å². The Hall–Kier alpha value is -2.69. The largest absolute Gasteiger partial charge is 0.490 e. The molecule has 4 aromatic rings. The SMILES string of the molecule is Clc1cc(-n2ccc3ccccc32)cc2c1OCCN(Cc1ccoc1)C2. The van der Waals surface area contributed by atoms with Crippen LogP contribution in [0.3, 0.4) is 0 Å². The van der Waals surface area contributed by atoms with E-state index >= 15 is 0 Å². The van der Waals surface area contributed by atoms with Gasteiger partial charge in [0, 0.05) is 42.6 Å². The molecule has 0 saturated carbocycles. The van der Waals surface area contributed by atoms with E-state index in [2.05, 4.69) is 52.1 Å². The molecular formula is C22H19ClN2O2. The van der Waals surface area contributed by atoms with E-state index < -0.39 is 0 Å². The topological polar surface area (TPSA) is 30.5 Å². The summed E-state index contributed by atoms with van der Waals surface area (Å²) in [6.07, 6.45) is 5.59. The lowest BCUT2D eigenvalue weighted by molar-refractivity contribution is 0.219. The van der Waals surface area contributed by atoms with Crippen LogP contribution in [0.15, 0.2) is 71.7 Å². The Morgan fingerprint density at radius 2 is 2.00 bits per heavy atom. The minimum atomic E-state index is 0.621. The molecule has 0 fully saturated rings. The number of para-hydroxylation sites is 1. The zero-order valence-corrected chi connectivity index (χ0v) is 15.5. The Bertz CT molecular complexity index is 1090. The van der Waals surface area contributed by atoms with Gasteiger partial charge in [-0.05, 0) is 35.7 Å². The van der Waals surface area contributed by atoms with E-state index in [1.807, 2.05) is 12.1 Å². The van der Waals surface area contributed by atoms with Crippen LogP contribution >= 0.6 is 11.6 Å². The summed E-state index contributed by atoms with van der Waals surface area (Å²) in [6.45, 7) is 3.08. The standard InChI is InChI=1S/C22H19ClN2O2/c23-20-12-19(25-7-5-17-3-1-2-4-21(17)25)11-18-14-24(8-10-27-22(18)20)13-16-6-9-26-15-16/h1-7,9,11-12,15H,8,10,13-14H2. The monoisotopic (exact) mass is 378 g/mol. The zero-order valence-electron chi connectivity index (χ0n) is 14.8. The predicted molar refractivity (Wildman–Crippen MR) is 107 cm³/mol. The first-order chi connectivity index (χ1) is 13.3. The molecule has 0 unspecified atom stereocenters. The van der Waals surface area contributed by atoms with Gasteiger partial charge in [0.05, 0.1) is 23.1 Å². The molecule has 2 aromatic heterocycles. The number of hydrogen-bond acceptors (Lipinski definition) is 3. The lowest BCUT2D eigenvalue weighted by Crippen LogP contribution is -2.25. The summed E-state index contributed by atoms with van der Waals surface area (Å²) in [5.41, 5.74) is 4.49. The third-order valence-corrected chi connectivity index (χ3v) is 5.30. The second-order valence-electron chi connectivity index (χ2n) is 6.85. The van der Waals surface area contributed by atoms with Crippen molar-refractivity contribution in [2.75, 3.05) is 13.2 Å². The van der Waals surface area contributed by atoms with Crippen molar-refractivity contribution in [1.82, 2.24) is 9.47 Å². The van der Waals surface area contributed by atoms with Crippen LogP contribution in [0.25, 0.3) is 16.6 Å². The molecule has 0 bridgehead atoms. The molecule has 0 N–H and O–H groups in total. The lowest BCUT2D eigenvalue weighted by atomic mass is 10.1. The van der Waals surface area contributed by atoms with Crippen molar-refractivity contribution in [3.8, 4) is 11.4 Å². The number of nitrogens with zero attached hydrogens (tertiary/aromatic N) is 2. The first kappa shape index (κ1) is 16.5. The Morgan fingerprint density at radius 1 is 1.07 bits per heavy atom. The van der Waals surface area contributed by atoms with Gasteiger partial charge in [-0.3, -0.25) is 4.90 Å². The average Bonchev–Trinajstić information content (AvgIpc) is 3.28. The van der Waals surface area contributed by atoms with Gasteiger partial charge in [-0.25, -0.2) is 0 Å².